The van der Waals surface area contributed by atoms with Crippen LogP contribution in [0.1, 0.15) is 0 Å². The molecule has 0 bridgehead atoms. The van der Waals surface area contributed by atoms with Crippen molar-refractivity contribution in [2.45, 2.75) is 0 Å². The number of hydrogen-bond donors (Lipinski definition) is 0. The van der Waals surface area contributed by atoms with E-state index in [1.807, 2.05) is 17.4 Å². The van der Waals surface area contributed by atoms with Gasteiger partial charge in [0.25, 0.3) is 0 Å². The molecule has 49 heavy (non-hydrogen) atoms. The van der Waals surface area contributed by atoms with E-state index in [0.29, 0.717) is 0 Å². The van der Waals surface area contributed by atoms with E-state index in [1.54, 1.807) is 0 Å². The third kappa shape index (κ3) is 4.47. The molecule has 0 spiro atoms. The van der Waals surface area contributed by atoms with Gasteiger partial charge in [-0.1, -0.05) is 140 Å². The van der Waals surface area contributed by atoms with Crippen molar-refractivity contribution in [1.29, 1.82) is 0 Å². The molecule has 0 aliphatic rings. The highest BCUT2D eigenvalue weighted by molar-refractivity contribution is 7.26. The first-order chi connectivity index (χ1) is 24.3. The molecule has 10 rings (SSSR count). The fourth-order valence-corrected chi connectivity index (χ4v) is 8.67. The molecule has 0 saturated heterocycles. The summed E-state index contributed by atoms with van der Waals surface area (Å²) in [5.41, 5.74) is 9.73. The van der Waals surface area contributed by atoms with Gasteiger partial charge in [0, 0.05) is 47.8 Å². The number of fused-ring (bicyclic) bond motifs is 7. The Bertz CT molecular complexity index is 2840. The molecule has 0 unspecified atom stereocenters. The first-order valence-corrected chi connectivity index (χ1v) is 17.4. The van der Waals surface area contributed by atoms with Crippen molar-refractivity contribution >= 4 is 81.3 Å². The molecule has 2 heterocycles. The van der Waals surface area contributed by atoms with Gasteiger partial charge in [0.2, 0.25) is 0 Å². The molecule has 0 aliphatic carbocycles. The highest BCUT2D eigenvalue weighted by Gasteiger charge is 2.23. The summed E-state index contributed by atoms with van der Waals surface area (Å²) in [7, 11) is 0. The second kappa shape index (κ2) is 11.2. The number of para-hydroxylation sites is 3. The number of rotatable bonds is 5. The fourth-order valence-electron chi connectivity index (χ4n) is 7.44. The van der Waals surface area contributed by atoms with Gasteiger partial charge in [0.05, 0.1) is 11.4 Å². The van der Waals surface area contributed by atoms with E-state index in [2.05, 4.69) is 175 Å². The molecule has 0 amide bonds. The molecule has 3 heteroatoms. The summed E-state index contributed by atoms with van der Waals surface area (Å²) in [5.74, 6) is 0. The first kappa shape index (κ1) is 27.9. The van der Waals surface area contributed by atoms with Crippen molar-refractivity contribution in [3.8, 4) is 22.3 Å². The van der Waals surface area contributed by atoms with Crippen LogP contribution in [0.15, 0.2) is 180 Å². The van der Waals surface area contributed by atoms with Crippen LogP contribution in [0.2, 0.25) is 0 Å². The summed E-state index contributed by atoms with van der Waals surface area (Å²) in [6.07, 6.45) is 0. The number of anilines is 3. The number of furan rings is 1. The van der Waals surface area contributed by atoms with Crippen LogP contribution in [0.3, 0.4) is 0 Å². The first-order valence-electron chi connectivity index (χ1n) is 16.6. The summed E-state index contributed by atoms with van der Waals surface area (Å²) < 4.78 is 9.26. The molecule has 2 nitrogen and oxygen atoms in total. The van der Waals surface area contributed by atoms with Crippen molar-refractivity contribution in [2.24, 2.45) is 0 Å². The lowest BCUT2D eigenvalue weighted by Crippen LogP contribution is -2.11. The van der Waals surface area contributed by atoms with E-state index in [1.165, 1.54) is 53.2 Å². The summed E-state index contributed by atoms with van der Waals surface area (Å²) in [4.78, 5) is 2.37. The normalized spacial score (nSPS) is 11.7. The Morgan fingerprint density at radius 1 is 0.408 bits per heavy atom. The predicted octanol–water partition coefficient (Wildman–Crippen LogP) is 13.9. The Morgan fingerprint density at radius 3 is 1.94 bits per heavy atom. The molecule has 8 aromatic carbocycles. The zero-order valence-electron chi connectivity index (χ0n) is 26.5. The average Bonchev–Trinajstić information content (AvgIpc) is 3.75. The van der Waals surface area contributed by atoms with Crippen LogP contribution in [0, 0.1) is 0 Å². The molecule has 0 radical (unpaired) electrons. The van der Waals surface area contributed by atoms with Gasteiger partial charge in [0.15, 0.2) is 5.58 Å². The largest absolute Gasteiger partial charge is 0.454 e. The Balaban J connectivity index is 1.22. The van der Waals surface area contributed by atoms with Crippen molar-refractivity contribution in [2.75, 3.05) is 4.90 Å². The number of benzene rings is 8. The van der Waals surface area contributed by atoms with Gasteiger partial charge in [-0.05, 0) is 58.3 Å². The lowest BCUT2D eigenvalue weighted by Gasteiger charge is -2.28. The third-order valence-electron chi connectivity index (χ3n) is 9.69. The summed E-state index contributed by atoms with van der Waals surface area (Å²) in [6.45, 7) is 0. The minimum atomic E-state index is 0.872. The van der Waals surface area contributed by atoms with E-state index in [4.69, 9.17) is 4.42 Å². The van der Waals surface area contributed by atoms with Crippen LogP contribution < -0.4 is 4.90 Å². The van der Waals surface area contributed by atoms with Crippen LogP contribution in [0.25, 0.3) is 75.1 Å². The van der Waals surface area contributed by atoms with Gasteiger partial charge < -0.3 is 9.32 Å². The second-order valence-electron chi connectivity index (χ2n) is 12.5. The zero-order chi connectivity index (χ0) is 32.3. The van der Waals surface area contributed by atoms with Crippen LogP contribution in [-0.4, -0.2) is 0 Å². The highest BCUT2D eigenvalue weighted by atomic mass is 32.1. The van der Waals surface area contributed by atoms with Gasteiger partial charge in [-0.2, -0.15) is 0 Å². The van der Waals surface area contributed by atoms with E-state index in [9.17, 15) is 0 Å². The zero-order valence-corrected chi connectivity index (χ0v) is 27.3. The Morgan fingerprint density at radius 2 is 1.02 bits per heavy atom. The lowest BCUT2D eigenvalue weighted by molar-refractivity contribution is 0.669. The van der Waals surface area contributed by atoms with Crippen LogP contribution >= 0.6 is 11.3 Å². The van der Waals surface area contributed by atoms with Crippen molar-refractivity contribution < 1.29 is 4.42 Å². The third-order valence-corrected chi connectivity index (χ3v) is 10.9. The number of thiophene rings is 1. The topological polar surface area (TPSA) is 16.4 Å². The molecule has 0 N–H and O–H groups in total. The van der Waals surface area contributed by atoms with Crippen molar-refractivity contribution in [3.63, 3.8) is 0 Å². The highest BCUT2D eigenvalue weighted by Crippen LogP contribution is 2.48. The van der Waals surface area contributed by atoms with E-state index in [0.717, 1.165) is 39.0 Å². The second-order valence-corrected chi connectivity index (χ2v) is 13.5. The Labute approximate surface area is 287 Å². The van der Waals surface area contributed by atoms with Crippen LogP contribution in [0.4, 0.5) is 17.1 Å². The van der Waals surface area contributed by atoms with Crippen LogP contribution in [0.5, 0.6) is 0 Å². The molecule has 10 aromatic rings. The van der Waals surface area contributed by atoms with E-state index in [-0.39, 0.29) is 0 Å². The number of nitrogens with zero attached hydrogens (tertiary/aromatic N) is 1. The molecule has 0 saturated carbocycles. The maximum Gasteiger partial charge on any atom is 0.159 e. The monoisotopic (exact) mass is 643 g/mol. The maximum absolute atomic E-state index is 6.66. The fraction of sp³-hybridized carbons (Fsp3) is 0. The molecule has 2 aromatic heterocycles. The molecule has 0 atom stereocenters. The Hall–Kier alpha value is -6.16. The standard InChI is InChI=1S/C46H29NOS/c1-2-14-33-30(12-1)13-9-18-34(33)31-26-28-32(29-27-31)47(42-23-11-19-38-36-16-4-7-24-43(36)48-45(38)42)41-22-6-3-15-35(41)39-20-10-21-40-37-17-5-8-25-44(37)49-46(39)40/h1-29H. The minimum Gasteiger partial charge on any atom is -0.454 e. The molecule has 0 aliphatic heterocycles. The number of hydrogen-bond acceptors (Lipinski definition) is 3. The Kier molecular flexibility index (Phi) is 6.39. The van der Waals surface area contributed by atoms with Crippen molar-refractivity contribution in [3.05, 3.63) is 176 Å². The molecular weight excluding hydrogens is 615 g/mol. The SMILES string of the molecule is c1ccc(N(c2ccc(-c3cccc4ccccc34)cc2)c2cccc3c2oc2ccccc23)c(-c2cccc3c2sc2ccccc23)c1. The van der Waals surface area contributed by atoms with Crippen molar-refractivity contribution in [1.82, 2.24) is 0 Å². The summed E-state index contributed by atoms with van der Waals surface area (Å²) >= 11 is 1.86. The van der Waals surface area contributed by atoms with Gasteiger partial charge in [-0.15, -0.1) is 11.3 Å². The van der Waals surface area contributed by atoms with Gasteiger partial charge >= 0.3 is 0 Å². The molecular formula is C46H29NOS. The lowest BCUT2D eigenvalue weighted by atomic mass is 9.97. The van der Waals surface area contributed by atoms with Crippen LogP contribution in [-0.2, 0) is 0 Å². The molecule has 0 fully saturated rings. The molecule has 230 valence electrons. The van der Waals surface area contributed by atoms with Gasteiger partial charge in [-0.3, -0.25) is 0 Å². The predicted molar refractivity (Wildman–Crippen MR) is 210 cm³/mol. The van der Waals surface area contributed by atoms with Gasteiger partial charge in [-0.25, -0.2) is 0 Å². The summed E-state index contributed by atoms with van der Waals surface area (Å²) in [6, 6.07) is 63.1. The van der Waals surface area contributed by atoms with Gasteiger partial charge in [0.1, 0.15) is 5.58 Å². The quantitative estimate of drug-likeness (QED) is 0.186. The van der Waals surface area contributed by atoms with E-state index < -0.39 is 0 Å². The minimum absolute atomic E-state index is 0.872. The van der Waals surface area contributed by atoms with E-state index >= 15 is 0 Å². The summed E-state index contributed by atoms with van der Waals surface area (Å²) in [5, 5.41) is 7.31. The smallest absolute Gasteiger partial charge is 0.159 e. The maximum atomic E-state index is 6.66. The average molecular weight is 644 g/mol.